The predicted octanol–water partition coefficient (Wildman–Crippen LogP) is 3.80. The maximum atomic E-state index is 12.1. The summed E-state index contributed by atoms with van der Waals surface area (Å²) < 4.78 is 5.87. The first-order valence-corrected chi connectivity index (χ1v) is 9.50. The van der Waals surface area contributed by atoms with E-state index < -0.39 is 0 Å². The summed E-state index contributed by atoms with van der Waals surface area (Å²) in [6.45, 7) is 5.42. The van der Waals surface area contributed by atoms with Crippen molar-refractivity contribution in [2.75, 3.05) is 23.8 Å². The Morgan fingerprint density at radius 2 is 2.07 bits per heavy atom. The van der Waals surface area contributed by atoms with E-state index in [4.69, 9.17) is 4.74 Å². The molecule has 1 aromatic carbocycles. The van der Waals surface area contributed by atoms with E-state index in [2.05, 4.69) is 45.7 Å². The molecular weight excluding hydrogens is 362 g/mol. The Hall–Kier alpha value is -3.00. The van der Waals surface area contributed by atoms with Gasteiger partial charge in [-0.05, 0) is 29.7 Å². The number of nitrogens with one attached hydrogen (secondary N) is 2. The standard InChI is InChI=1S/C19H21N5O2S/c1-13(2)15-5-3-4-6-16(15)26-10-9-20-17-8-7-14(11-21-17)18(25)23-19-24-22-12-27-19/h3-8,11-13H,9-10H2,1-2H3,(H,20,21)(H,23,24,25). The predicted molar refractivity (Wildman–Crippen MR) is 107 cm³/mol. The minimum Gasteiger partial charge on any atom is -0.491 e. The van der Waals surface area contributed by atoms with E-state index in [1.54, 1.807) is 17.6 Å². The van der Waals surface area contributed by atoms with Gasteiger partial charge in [0.2, 0.25) is 5.13 Å². The van der Waals surface area contributed by atoms with Gasteiger partial charge in [-0.25, -0.2) is 4.98 Å². The number of para-hydroxylation sites is 1. The molecule has 0 radical (unpaired) electrons. The van der Waals surface area contributed by atoms with Crippen molar-refractivity contribution in [2.45, 2.75) is 19.8 Å². The number of carbonyl (C=O) groups excluding carboxylic acids is 1. The van der Waals surface area contributed by atoms with Gasteiger partial charge < -0.3 is 10.1 Å². The highest BCUT2D eigenvalue weighted by molar-refractivity contribution is 7.13. The van der Waals surface area contributed by atoms with Gasteiger partial charge in [0.25, 0.3) is 5.91 Å². The van der Waals surface area contributed by atoms with Gasteiger partial charge in [-0.15, -0.1) is 10.2 Å². The molecule has 0 aliphatic heterocycles. The van der Waals surface area contributed by atoms with E-state index in [1.165, 1.54) is 23.1 Å². The number of amides is 1. The third-order valence-corrected chi connectivity index (χ3v) is 4.42. The van der Waals surface area contributed by atoms with Crippen molar-refractivity contribution in [3.8, 4) is 5.75 Å². The van der Waals surface area contributed by atoms with Crippen LogP contribution in [0.2, 0.25) is 0 Å². The first kappa shape index (κ1) is 18.8. The average molecular weight is 383 g/mol. The molecule has 2 heterocycles. The van der Waals surface area contributed by atoms with Gasteiger partial charge in [-0.2, -0.15) is 0 Å². The van der Waals surface area contributed by atoms with Crippen LogP contribution in [0.1, 0.15) is 35.7 Å². The molecule has 2 N–H and O–H groups in total. The Kier molecular flexibility index (Phi) is 6.32. The van der Waals surface area contributed by atoms with E-state index in [9.17, 15) is 4.79 Å². The molecule has 2 aromatic heterocycles. The lowest BCUT2D eigenvalue weighted by Crippen LogP contribution is -2.14. The van der Waals surface area contributed by atoms with Crippen molar-refractivity contribution >= 4 is 28.2 Å². The monoisotopic (exact) mass is 383 g/mol. The van der Waals surface area contributed by atoms with Crippen LogP contribution in [0.5, 0.6) is 5.75 Å². The molecule has 0 saturated carbocycles. The summed E-state index contributed by atoms with van der Waals surface area (Å²) in [5.41, 5.74) is 3.21. The van der Waals surface area contributed by atoms with Crippen LogP contribution in [0.4, 0.5) is 10.9 Å². The Morgan fingerprint density at radius 3 is 2.78 bits per heavy atom. The number of hydrogen-bond acceptors (Lipinski definition) is 7. The van der Waals surface area contributed by atoms with Gasteiger partial charge in [0, 0.05) is 6.20 Å². The fourth-order valence-corrected chi connectivity index (χ4v) is 2.90. The molecule has 140 valence electrons. The minimum atomic E-state index is -0.264. The van der Waals surface area contributed by atoms with Gasteiger partial charge in [0.1, 0.15) is 23.7 Å². The van der Waals surface area contributed by atoms with Crippen LogP contribution in [0.25, 0.3) is 0 Å². The van der Waals surface area contributed by atoms with Crippen molar-refractivity contribution < 1.29 is 9.53 Å². The number of carbonyl (C=O) groups is 1. The molecule has 0 saturated heterocycles. The average Bonchev–Trinajstić information content (AvgIpc) is 3.19. The van der Waals surface area contributed by atoms with Crippen LogP contribution >= 0.6 is 11.3 Å². The van der Waals surface area contributed by atoms with Gasteiger partial charge in [0.15, 0.2) is 0 Å². The summed E-state index contributed by atoms with van der Waals surface area (Å²) >= 11 is 1.26. The largest absolute Gasteiger partial charge is 0.491 e. The van der Waals surface area contributed by atoms with Crippen LogP contribution in [-0.2, 0) is 0 Å². The maximum absolute atomic E-state index is 12.1. The van der Waals surface area contributed by atoms with Gasteiger partial charge in [0.05, 0.1) is 12.1 Å². The zero-order valence-corrected chi connectivity index (χ0v) is 16.0. The van der Waals surface area contributed by atoms with Crippen LogP contribution in [0, 0.1) is 0 Å². The summed E-state index contributed by atoms with van der Waals surface area (Å²) in [5, 5.41) is 13.8. The van der Waals surface area contributed by atoms with Gasteiger partial charge in [-0.1, -0.05) is 43.4 Å². The zero-order valence-electron chi connectivity index (χ0n) is 15.2. The summed E-state index contributed by atoms with van der Waals surface area (Å²) in [5.74, 6) is 1.74. The second-order valence-electron chi connectivity index (χ2n) is 6.10. The highest BCUT2D eigenvalue weighted by atomic mass is 32.1. The normalized spacial score (nSPS) is 10.6. The van der Waals surface area contributed by atoms with Crippen LogP contribution in [-0.4, -0.2) is 34.2 Å². The number of rotatable bonds is 8. The first-order chi connectivity index (χ1) is 13.1. The second-order valence-corrected chi connectivity index (χ2v) is 6.93. The van der Waals surface area contributed by atoms with Crippen molar-refractivity contribution in [2.24, 2.45) is 0 Å². The number of nitrogens with zero attached hydrogens (tertiary/aromatic N) is 3. The van der Waals surface area contributed by atoms with E-state index in [0.29, 0.717) is 35.6 Å². The van der Waals surface area contributed by atoms with E-state index in [0.717, 1.165) is 5.75 Å². The molecule has 0 aliphatic rings. The lowest BCUT2D eigenvalue weighted by Gasteiger charge is -2.14. The quantitative estimate of drug-likeness (QED) is 0.575. The Balaban J connectivity index is 1.47. The molecule has 0 aliphatic carbocycles. The number of aromatic nitrogens is 3. The Morgan fingerprint density at radius 1 is 1.22 bits per heavy atom. The van der Waals surface area contributed by atoms with Crippen molar-refractivity contribution in [3.05, 3.63) is 59.2 Å². The summed E-state index contributed by atoms with van der Waals surface area (Å²) in [4.78, 5) is 16.3. The number of benzene rings is 1. The minimum absolute atomic E-state index is 0.264. The molecule has 0 fully saturated rings. The zero-order chi connectivity index (χ0) is 19.1. The Bertz CT molecular complexity index is 866. The molecule has 1 amide bonds. The van der Waals surface area contributed by atoms with Crippen LogP contribution < -0.4 is 15.4 Å². The molecule has 0 bridgehead atoms. The smallest absolute Gasteiger partial charge is 0.259 e. The van der Waals surface area contributed by atoms with Crippen molar-refractivity contribution in [1.82, 2.24) is 15.2 Å². The number of pyridine rings is 1. The fraction of sp³-hybridized carbons (Fsp3) is 0.263. The lowest BCUT2D eigenvalue weighted by atomic mass is 10.0. The third kappa shape index (κ3) is 5.24. The lowest BCUT2D eigenvalue weighted by molar-refractivity contribution is 0.102. The summed E-state index contributed by atoms with van der Waals surface area (Å²) in [7, 11) is 0. The fourth-order valence-electron chi connectivity index (χ4n) is 2.46. The molecule has 0 spiro atoms. The Labute approximate surface area is 161 Å². The summed E-state index contributed by atoms with van der Waals surface area (Å²) in [6, 6.07) is 11.5. The summed E-state index contributed by atoms with van der Waals surface area (Å²) in [6.07, 6.45) is 1.52. The van der Waals surface area contributed by atoms with Gasteiger partial charge >= 0.3 is 0 Å². The third-order valence-electron chi connectivity index (χ3n) is 3.81. The number of hydrogen-bond donors (Lipinski definition) is 2. The highest BCUT2D eigenvalue weighted by Crippen LogP contribution is 2.25. The van der Waals surface area contributed by atoms with Crippen LogP contribution in [0.15, 0.2) is 48.1 Å². The molecule has 3 aromatic rings. The highest BCUT2D eigenvalue weighted by Gasteiger charge is 2.09. The molecule has 0 atom stereocenters. The first-order valence-electron chi connectivity index (χ1n) is 8.62. The molecule has 7 nitrogen and oxygen atoms in total. The molecule has 27 heavy (non-hydrogen) atoms. The molecule has 0 unspecified atom stereocenters. The number of anilines is 2. The van der Waals surface area contributed by atoms with E-state index in [-0.39, 0.29) is 5.91 Å². The topological polar surface area (TPSA) is 89.0 Å². The number of ether oxygens (including phenoxy) is 1. The molecule has 8 heteroatoms. The van der Waals surface area contributed by atoms with Crippen molar-refractivity contribution in [3.63, 3.8) is 0 Å². The van der Waals surface area contributed by atoms with E-state index >= 15 is 0 Å². The maximum Gasteiger partial charge on any atom is 0.259 e. The SMILES string of the molecule is CC(C)c1ccccc1OCCNc1ccc(C(=O)Nc2nncs2)cn1. The van der Waals surface area contributed by atoms with Crippen molar-refractivity contribution in [1.29, 1.82) is 0 Å². The van der Waals surface area contributed by atoms with Crippen LogP contribution in [0.3, 0.4) is 0 Å². The molecule has 3 rings (SSSR count). The van der Waals surface area contributed by atoms with E-state index in [1.807, 2.05) is 18.2 Å². The molecular formula is C19H21N5O2S. The van der Waals surface area contributed by atoms with Gasteiger partial charge in [-0.3, -0.25) is 10.1 Å². The second kappa shape index (κ2) is 9.09.